The molecule has 200 valence electrons. The number of piperidine rings is 1. The van der Waals surface area contributed by atoms with Gasteiger partial charge in [-0.1, -0.05) is 31.4 Å². The molecule has 4 atom stereocenters. The number of carbonyl (C=O) groups excluding carboxylic acids is 4. The summed E-state index contributed by atoms with van der Waals surface area (Å²) >= 11 is 0. The highest BCUT2D eigenvalue weighted by Gasteiger charge is 2.62. The summed E-state index contributed by atoms with van der Waals surface area (Å²) in [6.45, 7) is 4.09. The van der Waals surface area contributed by atoms with Gasteiger partial charge in [-0.05, 0) is 64.7 Å². The van der Waals surface area contributed by atoms with Crippen LogP contribution in [0.3, 0.4) is 0 Å². The molecule has 0 aromatic heterocycles. The fourth-order valence-corrected chi connectivity index (χ4v) is 6.11. The third-order valence-corrected chi connectivity index (χ3v) is 8.36. The van der Waals surface area contributed by atoms with E-state index in [4.69, 9.17) is 4.74 Å². The van der Waals surface area contributed by atoms with Crippen molar-refractivity contribution in [1.82, 2.24) is 15.1 Å². The van der Waals surface area contributed by atoms with Gasteiger partial charge in [-0.25, -0.2) is 4.79 Å². The van der Waals surface area contributed by atoms with E-state index in [1.54, 1.807) is 11.8 Å². The van der Waals surface area contributed by atoms with Crippen LogP contribution >= 0.6 is 0 Å². The van der Waals surface area contributed by atoms with Crippen LogP contribution in [-0.2, 0) is 23.9 Å². The van der Waals surface area contributed by atoms with Crippen LogP contribution in [0, 0.1) is 11.8 Å². The number of esters is 1. The SMILES string of the molecule is CCOC(=O)C12CC1/C=C\CCCCCC[C@@H](CC(=O)N1CCCCC1)C(=O)N1CCC[C@H]1C(=O)N2. The summed E-state index contributed by atoms with van der Waals surface area (Å²) in [4.78, 5) is 56.7. The van der Waals surface area contributed by atoms with E-state index >= 15 is 0 Å². The standard InChI is InChI=1S/C28H43N3O5/c1-2-36-27(35)28-20-22(28)14-9-6-4-3-5-8-13-21(19-24(32)30-16-10-7-11-17-30)26(34)31-18-12-15-23(31)25(33)29-28/h9,14,21-23H,2-8,10-13,15-20H2,1H3,(H,29,33)/b14-9-/t21-,22?,23-,28?/m0/s1. The van der Waals surface area contributed by atoms with Crippen LogP contribution in [0.4, 0.5) is 0 Å². The Hall–Kier alpha value is -2.38. The molecule has 4 rings (SSSR count). The van der Waals surface area contributed by atoms with Crippen molar-refractivity contribution in [2.75, 3.05) is 26.2 Å². The smallest absolute Gasteiger partial charge is 0.332 e. The Balaban J connectivity index is 1.51. The number of carbonyl (C=O) groups is 4. The molecule has 0 bridgehead atoms. The summed E-state index contributed by atoms with van der Waals surface area (Å²) < 4.78 is 5.32. The minimum absolute atomic E-state index is 0.0647. The minimum atomic E-state index is -1.03. The van der Waals surface area contributed by atoms with Gasteiger partial charge >= 0.3 is 5.97 Å². The molecule has 0 aromatic carbocycles. The van der Waals surface area contributed by atoms with Crippen molar-refractivity contribution in [2.45, 2.75) is 102 Å². The third kappa shape index (κ3) is 6.12. The monoisotopic (exact) mass is 501 g/mol. The van der Waals surface area contributed by atoms with E-state index in [1.165, 1.54) is 0 Å². The van der Waals surface area contributed by atoms with Crippen LogP contribution < -0.4 is 5.32 Å². The topological polar surface area (TPSA) is 96.0 Å². The highest BCUT2D eigenvalue weighted by molar-refractivity contribution is 5.96. The second-order valence-electron chi connectivity index (χ2n) is 10.9. The lowest BCUT2D eigenvalue weighted by atomic mass is 9.94. The molecule has 8 heteroatoms. The maximum atomic E-state index is 13.8. The van der Waals surface area contributed by atoms with Gasteiger partial charge in [-0.3, -0.25) is 14.4 Å². The van der Waals surface area contributed by atoms with E-state index in [-0.39, 0.29) is 36.7 Å². The zero-order valence-corrected chi connectivity index (χ0v) is 21.8. The Labute approximate surface area is 215 Å². The molecule has 2 unspecified atom stereocenters. The largest absolute Gasteiger partial charge is 0.464 e. The molecular weight excluding hydrogens is 458 g/mol. The fraction of sp³-hybridized carbons (Fsp3) is 0.786. The summed E-state index contributed by atoms with van der Waals surface area (Å²) in [5.41, 5.74) is -1.03. The molecule has 3 amide bonds. The molecule has 1 aliphatic carbocycles. The maximum Gasteiger partial charge on any atom is 0.332 e. The molecule has 0 aromatic rings. The average molecular weight is 502 g/mol. The van der Waals surface area contributed by atoms with Crippen molar-refractivity contribution < 1.29 is 23.9 Å². The summed E-state index contributed by atoms with van der Waals surface area (Å²) in [5, 5.41) is 3.00. The number of nitrogens with zero attached hydrogens (tertiary/aromatic N) is 2. The fourth-order valence-electron chi connectivity index (χ4n) is 6.11. The van der Waals surface area contributed by atoms with E-state index < -0.39 is 23.5 Å². The van der Waals surface area contributed by atoms with Crippen LogP contribution in [0.25, 0.3) is 0 Å². The number of hydrogen-bond donors (Lipinski definition) is 1. The lowest BCUT2D eigenvalue weighted by Gasteiger charge is -2.31. The van der Waals surface area contributed by atoms with E-state index in [0.717, 1.165) is 70.9 Å². The Morgan fingerprint density at radius 1 is 1.00 bits per heavy atom. The predicted octanol–water partition coefficient (Wildman–Crippen LogP) is 3.34. The van der Waals surface area contributed by atoms with Crippen molar-refractivity contribution in [2.24, 2.45) is 11.8 Å². The van der Waals surface area contributed by atoms with Gasteiger partial charge in [0, 0.05) is 37.9 Å². The molecule has 2 saturated heterocycles. The molecule has 3 heterocycles. The molecule has 36 heavy (non-hydrogen) atoms. The van der Waals surface area contributed by atoms with Gasteiger partial charge in [-0.2, -0.15) is 0 Å². The van der Waals surface area contributed by atoms with E-state index in [0.29, 0.717) is 25.8 Å². The van der Waals surface area contributed by atoms with Gasteiger partial charge in [0.2, 0.25) is 17.7 Å². The first kappa shape index (κ1) is 26.7. The Bertz CT molecular complexity index is 852. The van der Waals surface area contributed by atoms with Gasteiger partial charge in [0.05, 0.1) is 6.61 Å². The highest BCUT2D eigenvalue weighted by atomic mass is 16.5. The Morgan fingerprint density at radius 3 is 2.53 bits per heavy atom. The van der Waals surface area contributed by atoms with E-state index in [1.807, 2.05) is 11.0 Å². The van der Waals surface area contributed by atoms with Gasteiger partial charge < -0.3 is 19.9 Å². The van der Waals surface area contributed by atoms with Crippen molar-refractivity contribution in [3.05, 3.63) is 12.2 Å². The molecule has 1 saturated carbocycles. The van der Waals surface area contributed by atoms with E-state index in [9.17, 15) is 19.2 Å². The number of likely N-dealkylation sites (tertiary alicyclic amines) is 1. The molecule has 1 N–H and O–H groups in total. The molecule has 3 fully saturated rings. The number of rotatable bonds is 4. The van der Waals surface area contributed by atoms with Crippen LogP contribution in [-0.4, -0.2) is 71.3 Å². The number of ether oxygens (including phenoxy) is 1. The van der Waals surface area contributed by atoms with Gasteiger partial charge in [0.1, 0.15) is 11.6 Å². The molecular formula is C28H43N3O5. The first-order valence-corrected chi connectivity index (χ1v) is 14.2. The molecule has 4 aliphatic rings. The van der Waals surface area contributed by atoms with Crippen molar-refractivity contribution >= 4 is 23.7 Å². The predicted molar refractivity (Wildman–Crippen MR) is 136 cm³/mol. The van der Waals surface area contributed by atoms with Gasteiger partial charge in [0.15, 0.2) is 0 Å². The Kier molecular flexibility index (Phi) is 9.07. The summed E-state index contributed by atoms with van der Waals surface area (Å²) in [7, 11) is 0. The summed E-state index contributed by atoms with van der Waals surface area (Å²) in [6, 6.07) is -0.602. The highest BCUT2D eigenvalue weighted by Crippen LogP contribution is 2.46. The van der Waals surface area contributed by atoms with Crippen molar-refractivity contribution in [3.8, 4) is 0 Å². The van der Waals surface area contributed by atoms with Crippen molar-refractivity contribution in [3.63, 3.8) is 0 Å². The lowest BCUT2D eigenvalue weighted by molar-refractivity contribution is -0.150. The Morgan fingerprint density at radius 2 is 1.75 bits per heavy atom. The van der Waals surface area contributed by atoms with E-state index in [2.05, 4.69) is 11.4 Å². The number of hydrogen-bond acceptors (Lipinski definition) is 5. The summed E-state index contributed by atoms with van der Waals surface area (Å²) in [5.74, 6) is -1.16. The van der Waals surface area contributed by atoms with Crippen LogP contribution in [0.5, 0.6) is 0 Å². The number of fused-ring (bicyclic) bond motifs is 2. The number of allylic oxidation sites excluding steroid dienone is 1. The first-order valence-electron chi connectivity index (χ1n) is 14.2. The zero-order valence-electron chi connectivity index (χ0n) is 21.8. The number of amides is 3. The first-order chi connectivity index (χ1) is 17.5. The second kappa shape index (κ2) is 12.2. The zero-order chi connectivity index (χ0) is 25.5. The molecule has 0 radical (unpaired) electrons. The average Bonchev–Trinajstić information content (AvgIpc) is 3.34. The third-order valence-electron chi connectivity index (χ3n) is 8.36. The van der Waals surface area contributed by atoms with Gasteiger partial charge in [-0.15, -0.1) is 0 Å². The lowest BCUT2D eigenvalue weighted by Crippen LogP contribution is -2.54. The molecule has 3 aliphatic heterocycles. The van der Waals surface area contributed by atoms with Gasteiger partial charge in [0.25, 0.3) is 0 Å². The maximum absolute atomic E-state index is 13.8. The minimum Gasteiger partial charge on any atom is -0.464 e. The molecule has 8 nitrogen and oxygen atoms in total. The van der Waals surface area contributed by atoms with Crippen LogP contribution in [0.2, 0.25) is 0 Å². The molecule has 0 spiro atoms. The van der Waals surface area contributed by atoms with Crippen LogP contribution in [0.1, 0.15) is 90.4 Å². The normalized spacial score (nSPS) is 32.8. The summed E-state index contributed by atoms with van der Waals surface area (Å²) in [6.07, 6.45) is 15.1. The van der Waals surface area contributed by atoms with Crippen LogP contribution in [0.15, 0.2) is 12.2 Å². The quantitative estimate of drug-likeness (QED) is 0.471. The van der Waals surface area contributed by atoms with Crippen molar-refractivity contribution in [1.29, 1.82) is 0 Å². The second-order valence-corrected chi connectivity index (χ2v) is 10.9. The number of nitrogens with one attached hydrogen (secondary N) is 1.